The van der Waals surface area contributed by atoms with Gasteiger partial charge in [0.25, 0.3) is 5.91 Å². The average molecular weight is 376 g/mol. The van der Waals surface area contributed by atoms with Crippen LogP contribution in [0.25, 0.3) is 0 Å². The first-order valence-electron chi connectivity index (χ1n) is 9.34. The Balaban J connectivity index is 1.56. The second-order valence-electron chi connectivity index (χ2n) is 6.20. The molecule has 0 aliphatic heterocycles. The van der Waals surface area contributed by atoms with Crippen molar-refractivity contribution < 1.29 is 9.53 Å². The van der Waals surface area contributed by atoms with Crippen molar-refractivity contribution in [2.45, 2.75) is 20.5 Å². The summed E-state index contributed by atoms with van der Waals surface area (Å²) in [4.78, 5) is 23.0. The smallest absolute Gasteiger partial charge is 0.258 e. The second kappa shape index (κ2) is 9.50. The molecule has 1 N–H and O–H groups in total. The molecular weight excluding hydrogens is 352 g/mol. The molecule has 0 atom stereocenters. The number of nitrogens with zero attached hydrogens (tertiary/aromatic N) is 3. The Morgan fingerprint density at radius 1 is 0.964 bits per heavy atom. The zero-order valence-corrected chi connectivity index (χ0v) is 16.1. The number of aromatic nitrogens is 2. The minimum absolute atomic E-state index is 0.246. The lowest BCUT2D eigenvalue weighted by Crippen LogP contribution is -2.24. The summed E-state index contributed by atoms with van der Waals surface area (Å²) >= 11 is 0. The highest BCUT2D eigenvalue weighted by Gasteiger charge is 2.10. The van der Waals surface area contributed by atoms with Crippen molar-refractivity contribution in [3.05, 3.63) is 78.1 Å². The van der Waals surface area contributed by atoms with E-state index in [4.69, 9.17) is 4.74 Å². The standard InChI is InChI=1S/C22H24N4O2/c1-3-26(4-2)22-23-14-18(15-24-22)21(27)25-19-10-12-20(13-11-19)28-16-17-8-6-5-7-9-17/h5-15H,3-4,16H2,1-2H3,(H,25,27). The fourth-order valence-electron chi connectivity index (χ4n) is 2.69. The van der Waals surface area contributed by atoms with Gasteiger partial charge in [0, 0.05) is 31.2 Å². The number of hydrogen-bond donors (Lipinski definition) is 1. The van der Waals surface area contributed by atoms with E-state index in [9.17, 15) is 4.79 Å². The van der Waals surface area contributed by atoms with E-state index in [-0.39, 0.29) is 5.91 Å². The highest BCUT2D eigenvalue weighted by atomic mass is 16.5. The van der Waals surface area contributed by atoms with Crippen LogP contribution in [0.1, 0.15) is 29.8 Å². The summed E-state index contributed by atoms with van der Waals surface area (Å²) in [6, 6.07) is 17.3. The van der Waals surface area contributed by atoms with Gasteiger partial charge in [-0.1, -0.05) is 30.3 Å². The predicted octanol–water partition coefficient (Wildman–Crippen LogP) is 4.15. The summed E-state index contributed by atoms with van der Waals surface area (Å²) < 4.78 is 5.76. The molecule has 28 heavy (non-hydrogen) atoms. The molecule has 0 aliphatic carbocycles. The summed E-state index contributed by atoms with van der Waals surface area (Å²) in [5, 5.41) is 2.85. The molecule has 1 amide bonds. The highest BCUT2D eigenvalue weighted by molar-refractivity contribution is 6.03. The molecular formula is C22H24N4O2. The molecule has 1 aromatic heterocycles. The van der Waals surface area contributed by atoms with Gasteiger partial charge in [0.15, 0.2) is 0 Å². The van der Waals surface area contributed by atoms with E-state index < -0.39 is 0 Å². The van der Waals surface area contributed by atoms with Crippen LogP contribution >= 0.6 is 0 Å². The Morgan fingerprint density at radius 2 is 1.61 bits per heavy atom. The fraction of sp³-hybridized carbons (Fsp3) is 0.227. The van der Waals surface area contributed by atoms with Gasteiger partial charge in [-0.2, -0.15) is 0 Å². The minimum atomic E-state index is -0.246. The Bertz CT molecular complexity index is 877. The molecule has 0 bridgehead atoms. The van der Waals surface area contributed by atoms with Gasteiger partial charge in [0.2, 0.25) is 5.95 Å². The maximum atomic E-state index is 12.4. The first-order valence-corrected chi connectivity index (χ1v) is 9.34. The predicted molar refractivity (Wildman–Crippen MR) is 111 cm³/mol. The number of rotatable bonds is 8. The molecule has 6 nitrogen and oxygen atoms in total. The molecule has 2 aromatic carbocycles. The molecule has 0 saturated heterocycles. The van der Waals surface area contributed by atoms with E-state index in [0.29, 0.717) is 23.8 Å². The van der Waals surface area contributed by atoms with Crippen LogP contribution in [-0.4, -0.2) is 29.0 Å². The topological polar surface area (TPSA) is 67.4 Å². The number of carbonyl (C=O) groups is 1. The van der Waals surface area contributed by atoms with Gasteiger partial charge >= 0.3 is 0 Å². The molecule has 0 aliphatic rings. The van der Waals surface area contributed by atoms with Crippen LogP contribution in [0, 0.1) is 0 Å². The quantitative estimate of drug-likeness (QED) is 0.640. The SMILES string of the molecule is CCN(CC)c1ncc(C(=O)Nc2ccc(OCc3ccccc3)cc2)cn1. The van der Waals surface area contributed by atoms with Crippen LogP contribution in [0.4, 0.5) is 11.6 Å². The maximum Gasteiger partial charge on any atom is 0.258 e. The van der Waals surface area contributed by atoms with Gasteiger partial charge in [-0.25, -0.2) is 9.97 Å². The van der Waals surface area contributed by atoms with E-state index in [1.807, 2.05) is 73.3 Å². The molecule has 0 fully saturated rings. The van der Waals surface area contributed by atoms with Gasteiger partial charge < -0.3 is 15.0 Å². The number of hydrogen-bond acceptors (Lipinski definition) is 5. The van der Waals surface area contributed by atoms with Crippen molar-refractivity contribution in [2.75, 3.05) is 23.3 Å². The van der Waals surface area contributed by atoms with E-state index >= 15 is 0 Å². The number of amides is 1. The third kappa shape index (κ3) is 5.07. The van der Waals surface area contributed by atoms with E-state index in [2.05, 4.69) is 15.3 Å². The number of anilines is 2. The number of ether oxygens (including phenoxy) is 1. The monoisotopic (exact) mass is 376 g/mol. The molecule has 6 heteroatoms. The Hall–Kier alpha value is -3.41. The molecule has 0 unspecified atom stereocenters. The zero-order chi connectivity index (χ0) is 19.8. The van der Waals surface area contributed by atoms with E-state index in [0.717, 1.165) is 24.4 Å². The van der Waals surface area contributed by atoms with Gasteiger partial charge in [0.05, 0.1) is 5.56 Å². The zero-order valence-electron chi connectivity index (χ0n) is 16.1. The molecule has 1 heterocycles. The molecule has 3 rings (SSSR count). The van der Waals surface area contributed by atoms with Gasteiger partial charge in [-0.15, -0.1) is 0 Å². The molecule has 144 valence electrons. The normalized spacial score (nSPS) is 10.4. The van der Waals surface area contributed by atoms with Crippen LogP contribution in [0.3, 0.4) is 0 Å². The van der Waals surface area contributed by atoms with Crippen LogP contribution in [0.2, 0.25) is 0 Å². The highest BCUT2D eigenvalue weighted by Crippen LogP contribution is 2.18. The van der Waals surface area contributed by atoms with Crippen LogP contribution in [0.5, 0.6) is 5.75 Å². The van der Waals surface area contributed by atoms with Gasteiger partial charge in [0.1, 0.15) is 12.4 Å². The molecule has 0 spiro atoms. The summed E-state index contributed by atoms with van der Waals surface area (Å²) in [6.07, 6.45) is 3.10. The van der Waals surface area contributed by atoms with Crippen molar-refractivity contribution in [3.63, 3.8) is 0 Å². The third-order valence-electron chi connectivity index (χ3n) is 4.31. The van der Waals surface area contributed by atoms with E-state index in [1.165, 1.54) is 0 Å². The summed E-state index contributed by atoms with van der Waals surface area (Å²) in [7, 11) is 0. The Labute approximate surface area is 165 Å². The first-order chi connectivity index (χ1) is 13.7. The Kier molecular flexibility index (Phi) is 6.57. The van der Waals surface area contributed by atoms with Crippen LogP contribution in [0.15, 0.2) is 67.0 Å². The fourth-order valence-corrected chi connectivity index (χ4v) is 2.69. The lowest BCUT2D eigenvalue weighted by Gasteiger charge is -2.18. The number of benzene rings is 2. The van der Waals surface area contributed by atoms with Crippen LogP contribution in [-0.2, 0) is 6.61 Å². The third-order valence-corrected chi connectivity index (χ3v) is 4.31. The lowest BCUT2D eigenvalue weighted by atomic mass is 10.2. The molecule has 0 radical (unpaired) electrons. The van der Waals surface area contributed by atoms with Gasteiger partial charge in [-0.05, 0) is 43.7 Å². The Morgan fingerprint density at radius 3 is 2.21 bits per heavy atom. The van der Waals surface area contributed by atoms with Crippen molar-refractivity contribution in [1.29, 1.82) is 0 Å². The van der Waals surface area contributed by atoms with Crippen molar-refractivity contribution in [2.24, 2.45) is 0 Å². The summed E-state index contributed by atoms with van der Waals surface area (Å²) in [5.74, 6) is 1.12. The largest absolute Gasteiger partial charge is 0.489 e. The lowest BCUT2D eigenvalue weighted by molar-refractivity contribution is 0.102. The van der Waals surface area contributed by atoms with Gasteiger partial charge in [-0.3, -0.25) is 4.79 Å². The second-order valence-corrected chi connectivity index (χ2v) is 6.20. The van der Waals surface area contributed by atoms with E-state index in [1.54, 1.807) is 12.4 Å². The summed E-state index contributed by atoms with van der Waals surface area (Å²) in [6.45, 7) is 6.23. The van der Waals surface area contributed by atoms with Crippen molar-refractivity contribution in [1.82, 2.24) is 9.97 Å². The van der Waals surface area contributed by atoms with Crippen molar-refractivity contribution >= 4 is 17.5 Å². The maximum absolute atomic E-state index is 12.4. The first kappa shape index (κ1) is 19.4. The number of nitrogens with one attached hydrogen (secondary N) is 1. The molecule has 3 aromatic rings. The van der Waals surface area contributed by atoms with Crippen LogP contribution < -0.4 is 15.0 Å². The minimum Gasteiger partial charge on any atom is -0.489 e. The number of carbonyl (C=O) groups excluding carboxylic acids is 1. The van der Waals surface area contributed by atoms with Crippen molar-refractivity contribution in [3.8, 4) is 5.75 Å². The average Bonchev–Trinajstić information content (AvgIpc) is 2.75. The molecule has 0 saturated carbocycles. The summed E-state index contributed by atoms with van der Waals surface area (Å²) in [5.41, 5.74) is 2.21.